The lowest BCUT2D eigenvalue weighted by Gasteiger charge is -2.30. The van der Waals surface area contributed by atoms with Crippen molar-refractivity contribution in [3.8, 4) is 17.2 Å². The van der Waals surface area contributed by atoms with Crippen LogP contribution in [-0.4, -0.2) is 73.2 Å². The highest BCUT2D eigenvalue weighted by Gasteiger charge is 2.26. The molecule has 1 fully saturated rings. The summed E-state index contributed by atoms with van der Waals surface area (Å²) in [7, 11) is 5.43. The SMILES string of the molecule is CN(C)C(=O)COc1ccccc1-c1nc(C2CNCCN2C)no1. The van der Waals surface area contributed by atoms with Crippen LogP contribution in [0.2, 0.25) is 0 Å². The zero-order valence-corrected chi connectivity index (χ0v) is 14.7. The molecule has 0 radical (unpaired) electrons. The Kier molecular flexibility index (Phi) is 5.30. The molecule has 1 aromatic carbocycles. The minimum atomic E-state index is -0.115. The Hall–Kier alpha value is -2.45. The van der Waals surface area contributed by atoms with E-state index < -0.39 is 0 Å². The van der Waals surface area contributed by atoms with Crippen LogP contribution in [0.4, 0.5) is 0 Å². The number of carbonyl (C=O) groups is 1. The fourth-order valence-electron chi connectivity index (χ4n) is 2.61. The Morgan fingerprint density at radius 1 is 1.44 bits per heavy atom. The van der Waals surface area contributed by atoms with Gasteiger partial charge in [0.15, 0.2) is 12.4 Å². The second-order valence-electron chi connectivity index (χ2n) is 6.23. The van der Waals surface area contributed by atoms with E-state index in [9.17, 15) is 4.79 Å². The van der Waals surface area contributed by atoms with Crippen LogP contribution in [0, 0.1) is 0 Å². The summed E-state index contributed by atoms with van der Waals surface area (Å²) in [6.45, 7) is 2.63. The lowest BCUT2D eigenvalue weighted by molar-refractivity contribution is -0.130. The average molecular weight is 345 g/mol. The van der Waals surface area contributed by atoms with E-state index in [4.69, 9.17) is 9.26 Å². The maximum atomic E-state index is 11.7. The number of likely N-dealkylation sites (N-methyl/N-ethyl adjacent to an activating group) is 2. The van der Waals surface area contributed by atoms with E-state index in [2.05, 4.69) is 20.4 Å². The number of nitrogens with zero attached hydrogens (tertiary/aromatic N) is 4. The van der Waals surface area contributed by atoms with E-state index in [1.54, 1.807) is 20.2 Å². The van der Waals surface area contributed by atoms with Gasteiger partial charge in [-0.25, -0.2) is 0 Å². The van der Waals surface area contributed by atoms with E-state index in [1.165, 1.54) is 4.90 Å². The molecule has 1 unspecified atom stereocenters. The van der Waals surface area contributed by atoms with E-state index in [-0.39, 0.29) is 18.6 Å². The molecule has 3 rings (SSSR count). The van der Waals surface area contributed by atoms with Gasteiger partial charge in [0.1, 0.15) is 5.75 Å². The van der Waals surface area contributed by atoms with Gasteiger partial charge < -0.3 is 19.5 Å². The van der Waals surface area contributed by atoms with Gasteiger partial charge in [0.05, 0.1) is 11.6 Å². The summed E-state index contributed by atoms with van der Waals surface area (Å²) < 4.78 is 11.1. The molecule has 1 aliphatic rings. The van der Waals surface area contributed by atoms with Gasteiger partial charge in [-0.2, -0.15) is 4.98 Å². The van der Waals surface area contributed by atoms with Crippen LogP contribution in [-0.2, 0) is 4.79 Å². The van der Waals surface area contributed by atoms with Crippen molar-refractivity contribution in [3.05, 3.63) is 30.1 Å². The highest BCUT2D eigenvalue weighted by atomic mass is 16.5. The molecule has 8 heteroatoms. The lowest BCUT2D eigenvalue weighted by atomic mass is 10.2. The van der Waals surface area contributed by atoms with Crippen molar-refractivity contribution in [2.24, 2.45) is 0 Å². The molecule has 1 saturated heterocycles. The van der Waals surface area contributed by atoms with Crippen molar-refractivity contribution in [1.29, 1.82) is 0 Å². The lowest BCUT2D eigenvalue weighted by Crippen LogP contribution is -2.44. The molecule has 1 aromatic heterocycles. The molecule has 0 aliphatic carbocycles. The summed E-state index contributed by atoms with van der Waals surface area (Å²) in [6, 6.07) is 7.42. The van der Waals surface area contributed by atoms with Crippen LogP contribution in [0.1, 0.15) is 11.9 Å². The van der Waals surface area contributed by atoms with Gasteiger partial charge >= 0.3 is 0 Å². The highest BCUT2D eigenvalue weighted by molar-refractivity contribution is 5.77. The van der Waals surface area contributed by atoms with Gasteiger partial charge in [0, 0.05) is 33.7 Å². The third-order valence-electron chi connectivity index (χ3n) is 4.22. The number of carbonyl (C=O) groups excluding carboxylic acids is 1. The van der Waals surface area contributed by atoms with Crippen LogP contribution < -0.4 is 10.1 Å². The first kappa shape index (κ1) is 17.4. The fourth-order valence-corrected chi connectivity index (χ4v) is 2.61. The Balaban J connectivity index is 1.79. The molecule has 25 heavy (non-hydrogen) atoms. The average Bonchev–Trinajstić information content (AvgIpc) is 3.10. The minimum absolute atomic E-state index is 0.0414. The number of hydrogen-bond acceptors (Lipinski definition) is 7. The number of para-hydroxylation sites is 1. The predicted octanol–water partition coefficient (Wildman–Crippen LogP) is 0.780. The number of piperazine rings is 1. The molecule has 1 N–H and O–H groups in total. The topological polar surface area (TPSA) is 83.7 Å². The maximum absolute atomic E-state index is 11.7. The smallest absolute Gasteiger partial charge is 0.261 e. The summed E-state index contributed by atoms with van der Waals surface area (Å²) in [5.41, 5.74) is 0.680. The monoisotopic (exact) mass is 345 g/mol. The zero-order valence-electron chi connectivity index (χ0n) is 14.7. The van der Waals surface area contributed by atoms with E-state index in [1.807, 2.05) is 25.2 Å². The number of benzene rings is 1. The summed E-state index contributed by atoms with van der Waals surface area (Å²) in [4.78, 5) is 20.0. The molecule has 1 atom stereocenters. The summed E-state index contributed by atoms with van der Waals surface area (Å²) in [5, 5.41) is 7.47. The third kappa shape index (κ3) is 3.97. The van der Waals surface area contributed by atoms with Crippen LogP contribution >= 0.6 is 0 Å². The first-order valence-corrected chi connectivity index (χ1v) is 8.23. The largest absolute Gasteiger partial charge is 0.483 e. The molecule has 2 heterocycles. The van der Waals surface area contributed by atoms with E-state index in [0.29, 0.717) is 23.0 Å². The van der Waals surface area contributed by atoms with Gasteiger partial charge in [-0.3, -0.25) is 9.69 Å². The standard InChI is InChI=1S/C17H23N5O3/c1-21(2)15(23)11-24-14-7-5-4-6-12(14)17-19-16(20-25-17)13-10-18-8-9-22(13)3/h4-7,13,18H,8-11H2,1-3H3. The van der Waals surface area contributed by atoms with Crippen molar-refractivity contribution >= 4 is 5.91 Å². The zero-order chi connectivity index (χ0) is 17.8. The van der Waals surface area contributed by atoms with Gasteiger partial charge in [-0.1, -0.05) is 17.3 Å². The highest BCUT2D eigenvalue weighted by Crippen LogP contribution is 2.30. The molecule has 2 aromatic rings. The van der Waals surface area contributed by atoms with E-state index in [0.717, 1.165) is 19.6 Å². The molecule has 8 nitrogen and oxygen atoms in total. The number of aromatic nitrogens is 2. The first-order chi connectivity index (χ1) is 12.1. The van der Waals surface area contributed by atoms with Crippen molar-refractivity contribution < 1.29 is 14.1 Å². The van der Waals surface area contributed by atoms with E-state index >= 15 is 0 Å². The summed E-state index contributed by atoms with van der Waals surface area (Å²) in [6.07, 6.45) is 0. The van der Waals surface area contributed by atoms with Crippen LogP contribution in [0.5, 0.6) is 5.75 Å². The Bertz CT molecular complexity index is 731. The Morgan fingerprint density at radius 3 is 3.00 bits per heavy atom. The number of nitrogens with one attached hydrogen (secondary N) is 1. The molecule has 0 saturated carbocycles. The van der Waals surface area contributed by atoms with Crippen molar-refractivity contribution in [2.45, 2.75) is 6.04 Å². The van der Waals surface area contributed by atoms with Gasteiger partial charge in [0.25, 0.3) is 11.8 Å². The fraction of sp³-hybridized carbons (Fsp3) is 0.471. The molecule has 0 spiro atoms. The molecule has 1 amide bonds. The molecular formula is C17H23N5O3. The quantitative estimate of drug-likeness (QED) is 0.857. The Morgan fingerprint density at radius 2 is 2.24 bits per heavy atom. The van der Waals surface area contributed by atoms with Crippen molar-refractivity contribution in [2.75, 3.05) is 47.4 Å². The minimum Gasteiger partial charge on any atom is -0.483 e. The van der Waals surface area contributed by atoms with Gasteiger partial charge in [-0.05, 0) is 19.2 Å². The van der Waals surface area contributed by atoms with Gasteiger partial charge in [-0.15, -0.1) is 0 Å². The molecular weight excluding hydrogens is 322 g/mol. The van der Waals surface area contributed by atoms with Crippen LogP contribution in [0.15, 0.2) is 28.8 Å². The predicted molar refractivity (Wildman–Crippen MR) is 92.2 cm³/mol. The normalized spacial score (nSPS) is 18.1. The van der Waals surface area contributed by atoms with Crippen molar-refractivity contribution in [3.63, 3.8) is 0 Å². The number of amides is 1. The summed E-state index contributed by atoms with van der Waals surface area (Å²) in [5.74, 6) is 1.46. The first-order valence-electron chi connectivity index (χ1n) is 8.23. The van der Waals surface area contributed by atoms with Crippen LogP contribution in [0.25, 0.3) is 11.5 Å². The van der Waals surface area contributed by atoms with Crippen molar-refractivity contribution in [1.82, 2.24) is 25.3 Å². The summed E-state index contributed by atoms with van der Waals surface area (Å²) >= 11 is 0. The van der Waals surface area contributed by atoms with Gasteiger partial charge in [0.2, 0.25) is 0 Å². The molecule has 134 valence electrons. The number of hydrogen-bond donors (Lipinski definition) is 1. The number of rotatable bonds is 5. The maximum Gasteiger partial charge on any atom is 0.261 e. The molecule has 0 bridgehead atoms. The third-order valence-corrected chi connectivity index (χ3v) is 4.22. The Labute approximate surface area is 146 Å². The second kappa shape index (κ2) is 7.62. The number of ether oxygens (including phenoxy) is 1. The van der Waals surface area contributed by atoms with Crippen LogP contribution in [0.3, 0.4) is 0 Å². The second-order valence-corrected chi connectivity index (χ2v) is 6.23. The molecule has 1 aliphatic heterocycles.